The van der Waals surface area contributed by atoms with Crippen LogP contribution >= 0.6 is 0 Å². The number of carbonyl (C=O) groups excluding carboxylic acids is 1. The molecule has 0 fully saturated rings. The van der Waals surface area contributed by atoms with Gasteiger partial charge in [0.1, 0.15) is 0 Å². The van der Waals surface area contributed by atoms with Gasteiger partial charge in [0.15, 0.2) is 0 Å². The molecule has 0 bridgehead atoms. The summed E-state index contributed by atoms with van der Waals surface area (Å²) in [4.78, 5) is 10.5. The molecule has 0 aliphatic rings. The smallest absolute Gasteiger partial charge is 0.217 e. The summed E-state index contributed by atoms with van der Waals surface area (Å²) in [6, 6.07) is 9.98. The van der Waals surface area contributed by atoms with Crippen LogP contribution in [0.5, 0.6) is 0 Å². The first-order chi connectivity index (χ1) is 6.29. The lowest BCUT2D eigenvalue weighted by Gasteiger charge is -1.94. The van der Waals surface area contributed by atoms with Gasteiger partial charge in [0.25, 0.3) is 0 Å². The van der Waals surface area contributed by atoms with Gasteiger partial charge >= 0.3 is 0 Å². The minimum absolute atomic E-state index is 0.00212. The van der Waals surface area contributed by atoms with Gasteiger partial charge in [0, 0.05) is 13.5 Å². The number of hydrogen-bond acceptors (Lipinski definition) is 1. The van der Waals surface area contributed by atoms with Crippen LogP contribution in [0.4, 0.5) is 0 Å². The summed E-state index contributed by atoms with van der Waals surface area (Å²) in [6.45, 7) is 2.10. The van der Waals surface area contributed by atoms with Gasteiger partial charge in [-0.25, -0.2) is 0 Å². The molecule has 1 N–H and O–H groups in total. The predicted octanol–water partition coefficient (Wildman–Crippen LogP) is 1.84. The molecule has 0 spiro atoms. The summed E-state index contributed by atoms with van der Waals surface area (Å²) < 4.78 is 0. The van der Waals surface area contributed by atoms with Crippen molar-refractivity contribution in [2.45, 2.75) is 6.92 Å². The first-order valence-electron chi connectivity index (χ1n) is 4.25. The van der Waals surface area contributed by atoms with Crippen LogP contribution in [0.3, 0.4) is 0 Å². The van der Waals surface area contributed by atoms with Crippen molar-refractivity contribution in [1.82, 2.24) is 5.32 Å². The van der Waals surface area contributed by atoms with Gasteiger partial charge in [-0.3, -0.25) is 4.79 Å². The molecule has 0 radical (unpaired) electrons. The largest absolute Gasteiger partial charge is 0.353 e. The molecule has 1 amide bonds. The monoisotopic (exact) mass is 175 g/mol. The Morgan fingerprint density at radius 3 is 2.69 bits per heavy atom. The minimum Gasteiger partial charge on any atom is -0.353 e. The Bertz CT molecular complexity index is 290. The summed E-state index contributed by atoms with van der Waals surface area (Å²) in [7, 11) is 0. The maximum Gasteiger partial charge on any atom is 0.217 e. The van der Waals surface area contributed by atoms with Crippen LogP contribution in [0, 0.1) is 0 Å². The number of rotatable bonds is 3. The van der Waals surface area contributed by atoms with Gasteiger partial charge in [-0.1, -0.05) is 42.5 Å². The molecule has 13 heavy (non-hydrogen) atoms. The highest BCUT2D eigenvalue weighted by Gasteiger charge is 1.85. The average molecular weight is 175 g/mol. The second-order valence-electron chi connectivity index (χ2n) is 2.75. The Morgan fingerprint density at radius 2 is 2.08 bits per heavy atom. The Hall–Kier alpha value is -1.57. The Labute approximate surface area is 78.3 Å². The van der Waals surface area contributed by atoms with Crippen LogP contribution in [0.1, 0.15) is 12.5 Å². The normalized spacial score (nSPS) is 10.2. The van der Waals surface area contributed by atoms with E-state index in [1.54, 1.807) is 0 Å². The lowest BCUT2D eigenvalue weighted by Crippen LogP contribution is -2.19. The molecule has 0 saturated heterocycles. The SMILES string of the molecule is CC(=O)NCC=Cc1ccccc1. The van der Waals surface area contributed by atoms with Gasteiger partial charge in [-0.05, 0) is 5.56 Å². The van der Waals surface area contributed by atoms with Crippen LogP contribution in [-0.2, 0) is 4.79 Å². The zero-order chi connectivity index (χ0) is 9.52. The van der Waals surface area contributed by atoms with Crippen molar-refractivity contribution in [2.24, 2.45) is 0 Å². The minimum atomic E-state index is -0.00212. The molecule has 0 saturated carbocycles. The molecule has 1 aromatic rings. The van der Waals surface area contributed by atoms with Crippen molar-refractivity contribution in [3.05, 3.63) is 42.0 Å². The summed E-state index contributed by atoms with van der Waals surface area (Å²) in [6.07, 6.45) is 3.91. The van der Waals surface area contributed by atoms with E-state index in [4.69, 9.17) is 0 Å². The molecule has 2 heteroatoms. The van der Waals surface area contributed by atoms with Crippen molar-refractivity contribution in [2.75, 3.05) is 6.54 Å². The molecular formula is C11H13NO. The van der Waals surface area contributed by atoms with Crippen molar-refractivity contribution in [3.63, 3.8) is 0 Å². The Balaban J connectivity index is 2.37. The number of hydrogen-bond donors (Lipinski definition) is 1. The van der Waals surface area contributed by atoms with Crippen LogP contribution in [0.15, 0.2) is 36.4 Å². The molecular weight excluding hydrogens is 162 g/mol. The van der Waals surface area contributed by atoms with Crippen LogP contribution in [-0.4, -0.2) is 12.5 Å². The highest BCUT2D eigenvalue weighted by atomic mass is 16.1. The quantitative estimate of drug-likeness (QED) is 0.746. The van der Waals surface area contributed by atoms with Gasteiger partial charge in [-0.15, -0.1) is 0 Å². The third kappa shape index (κ3) is 4.11. The van der Waals surface area contributed by atoms with Gasteiger partial charge in [-0.2, -0.15) is 0 Å². The standard InChI is InChI=1S/C11H13NO/c1-10(13)12-9-5-8-11-6-3-2-4-7-11/h2-8H,9H2,1H3,(H,12,13). The van der Waals surface area contributed by atoms with E-state index < -0.39 is 0 Å². The third-order valence-corrected chi connectivity index (χ3v) is 1.58. The van der Waals surface area contributed by atoms with Crippen LogP contribution < -0.4 is 5.32 Å². The highest BCUT2D eigenvalue weighted by Crippen LogP contribution is 1.99. The molecule has 68 valence electrons. The Morgan fingerprint density at radius 1 is 1.38 bits per heavy atom. The maximum absolute atomic E-state index is 10.5. The van der Waals surface area contributed by atoms with Crippen molar-refractivity contribution >= 4 is 12.0 Å². The molecule has 0 unspecified atom stereocenters. The fourth-order valence-electron chi connectivity index (χ4n) is 0.962. The lowest BCUT2D eigenvalue weighted by atomic mass is 10.2. The van der Waals surface area contributed by atoms with Gasteiger partial charge < -0.3 is 5.32 Å². The van der Waals surface area contributed by atoms with Crippen LogP contribution in [0.25, 0.3) is 6.08 Å². The number of benzene rings is 1. The van der Waals surface area contributed by atoms with E-state index in [1.165, 1.54) is 6.92 Å². The third-order valence-electron chi connectivity index (χ3n) is 1.58. The van der Waals surface area contributed by atoms with Crippen molar-refractivity contribution in [3.8, 4) is 0 Å². The first-order valence-corrected chi connectivity index (χ1v) is 4.25. The van der Waals surface area contributed by atoms with E-state index in [0.29, 0.717) is 6.54 Å². The Kier molecular flexibility index (Phi) is 3.76. The molecule has 2 nitrogen and oxygen atoms in total. The van der Waals surface area contributed by atoms with E-state index in [0.717, 1.165) is 5.56 Å². The highest BCUT2D eigenvalue weighted by molar-refractivity contribution is 5.73. The van der Waals surface area contributed by atoms with Gasteiger partial charge in [0.05, 0.1) is 0 Å². The van der Waals surface area contributed by atoms with Crippen molar-refractivity contribution < 1.29 is 4.79 Å². The molecule has 0 heterocycles. The second-order valence-corrected chi connectivity index (χ2v) is 2.75. The summed E-state index contributed by atoms with van der Waals surface area (Å²) in [5, 5.41) is 2.69. The summed E-state index contributed by atoms with van der Waals surface area (Å²) in [5.41, 5.74) is 1.15. The van der Waals surface area contributed by atoms with Crippen LogP contribution in [0.2, 0.25) is 0 Å². The molecule has 0 aromatic heterocycles. The van der Waals surface area contributed by atoms with Gasteiger partial charge in [0.2, 0.25) is 5.91 Å². The molecule has 0 aliphatic carbocycles. The molecule has 1 rings (SSSR count). The second kappa shape index (κ2) is 5.14. The van der Waals surface area contributed by atoms with E-state index in [9.17, 15) is 4.79 Å². The van der Waals surface area contributed by atoms with E-state index >= 15 is 0 Å². The van der Waals surface area contributed by atoms with E-state index in [-0.39, 0.29) is 5.91 Å². The fraction of sp³-hybridized carbons (Fsp3) is 0.182. The zero-order valence-corrected chi connectivity index (χ0v) is 7.66. The molecule has 0 atom stereocenters. The number of carbonyl (C=O) groups is 1. The number of amides is 1. The predicted molar refractivity (Wildman–Crippen MR) is 54.2 cm³/mol. The average Bonchev–Trinajstić information content (AvgIpc) is 2.14. The molecule has 0 aliphatic heterocycles. The first kappa shape index (κ1) is 9.52. The number of nitrogens with one attached hydrogen (secondary N) is 1. The van der Waals surface area contributed by atoms with Crippen molar-refractivity contribution in [1.29, 1.82) is 0 Å². The molecule has 1 aromatic carbocycles. The zero-order valence-electron chi connectivity index (χ0n) is 7.66. The lowest BCUT2D eigenvalue weighted by molar-refractivity contribution is -0.118. The van der Waals surface area contributed by atoms with E-state index in [1.807, 2.05) is 42.5 Å². The summed E-state index contributed by atoms with van der Waals surface area (Å²) >= 11 is 0. The maximum atomic E-state index is 10.5. The summed E-state index contributed by atoms with van der Waals surface area (Å²) in [5.74, 6) is -0.00212. The fourth-order valence-corrected chi connectivity index (χ4v) is 0.962. The van der Waals surface area contributed by atoms with E-state index in [2.05, 4.69) is 5.32 Å². The topological polar surface area (TPSA) is 29.1 Å².